The number of nitrogens with one attached hydrogen (secondary N) is 5. The molecular formula is C42H65Cl2N9O8. The average Bonchev–Trinajstić information content (AvgIpc) is 3.25. The first-order valence-electron chi connectivity index (χ1n) is 20.5. The number of halogens is 2. The molecule has 1 aromatic carbocycles. The number of carbonyl (C=O) groups is 4. The van der Waals surface area contributed by atoms with Crippen molar-refractivity contribution in [2.24, 2.45) is 0 Å². The standard InChI is InChI=1S/C42H65Cl2N9O8/c1-39(2,3)58-35(54)47-26-17-18-52(21-27(19-26)48-36(55)59-40(4,5)6)33-30(43)32(46-25-15-13-24(45)14-16-25)31(44)34(51-33)53-22-28(49-37(56)60-41(7,8)9)20-29(23-53)50-38(57)61-42(10,11)12/h13-16,26-29H,17-23,45H2,1-12H3,(H,46,51)(H,47,54)(H,48,55)(H,49,56)(H,50,57). The molecule has 0 aliphatic carbocycles. The number of amides is 4. The molecule has 2 aliphatic heterocycles. The van der Waals surface area contributed by atoms with Crippen LogP contribution in [0.5, 0.6) is 0 Å². The monoisotopic (exact) mass is 893 g/mol. The number of alkyl carbamates (subject to hydrolysis) is 4. The zero-order valence-electron chi connectivity index (χ0n) is 37.5. The number of rotatable bonds is 8. The van der Waals surface area contributed by atoms with Crippen LogP contribution in [-0.4, -0.2) is 102 Å². The fraction of sp³-hybridized carbons (Fsp3) is 0.643. The van der Waals surface area contributed by atoms with Crippen molar-refractivity contribution in [2.75, 3.05) is 47.0 Å². The number of piperidine rings is 1. The zero-order chi connectivity index (χ0) is 45.7. The molecule has 4 atom stereocenters. The van der Waals surface area contributed by atoms with E-state index in [9.17, 15) is 19.2 Å². The van der Waals surface area contributed by atoms with Crippen LogP contribution in [0.4, 0.5) is 47.9 Å². The number of hydrogen-bond acceptors (Lipinski definition) is 13. The Bertz CT molecular complexity index is 1840. The van der Waals surface area contributed by atoms with Crippen LogP contribution in [0.2, 0.25) is 10.0 Å². The topological polar surface area (TPSA) is 211 Å². The summed E-state index contributed by atoms with van der Waals surface area (Å²) < 4.78 is 22.4. The Hall–Kier alpha value is -4.77. The van der Waals surface area contributed by atoms with Gasteiger partial charge in [-0.3, -0.25) is 0 Å². The number of nitrogens with zero attached hydrogens (tertiary/aromatic N) is 3. The van der Waals surface area contributed by atoms with Gasteiger partial charge in [0.2, 0.25) is 0 Å². The molecule has 0 saturated carbocycles. The average molecular weight is 895 g/mol. The van der Waals surface area contributed by atoms with E-state index >= 15 is 0 Å². The number of hydrogen-bond donors (Lipinski definition) is 6. The number of nitrogens with two attached hydrogens (primary N) is 1. The summed E-state index contributed by atoms with van der Waals surface area (Å²) in [6, 6.07) is 4.99. The van der Waals surface area contributed by atoms with Crippen molar-refractivity contribution in [1.82, 2.24) is 26.3 Å². The lowest BCUT2D eigenvalue weighted by atomic mass is 10.0. The molecule has 1 aromatic heterocycles. The zero-order valence-corrected chi connectivity index (χ0v) is 39.0. The first-order chi connectivity index (χ1) is 28.0. The summed E-state index contributed by atoms with van der Waals surface area (Å²) in [5.41, 5.74) is 4.53. The van der Waals surface area contributed by atoms with E-state index in [0.29, 0.717) is 54.5 Å². The van der Waals surface area contributed by atoms with Gasteiger partial charge in [-0.25, -0.2) is 24.2 Å². The highest BCUT2D eigenvalue weighted by Gasteiger charge is 2.36. The van der Waals surface area contributed by atoms with Gasteiger partial charge in [-0.05, 0) is 127 Å². The van der Waals surface area contributed by atoms with E-state index in [-0.39, 0.29) is 29.7 Å². The second-order valence-electron chi connectivity index (χ2n) is 19.5. The molecule has 2 saturated heterocycles. The number of aromatic nitrogens is 1. The first kappa shape index (κ1) is 48.9. The van der Waals surface area contributed by atoms with Gasteiger partial charge >= 0.3 is 24.4 Å². The summed E-state index contributed by atoms with van der Waals surface area (Å²) >= 11 is 14.6. The van der Waals surface area contributed by atoms with Crippen molar-refractivity contribution in [3.8, 4) is 0 Å². The number of carbonyl (C=O) groups excluding carboxylic acids is 4. The van der Waals surface area contributed by atoms with Gasteiger partial charge in [0, 0.05) is 43.6 Å². The molecule has 19 heteroatoms. The Labute approximate surface area is 369 Å². The molecule has 61 heavy (non-hydrogen) atoms. The molecule has 4 rings (SSSR count). The van der Waals surface area contributed by atoms with Gasteiger partial charge in [0.1, 0.15) is 32.4 Å². The minimum atomic E-state index is -0.762. The number of pyridine rings is 1. The molecule has 2 aromatic rings. The van der Waals surface area contributed by atoms with Crippen molar-refractivity contribution in [2.45, 2.75) is 149 Å². The number of anilines is 5. The third-order valence-electron chi connectivity index (χ3n) is 8.91. The molecule has 4 amide bonds. The second kappa shape index (κ2) is 19.5. The maximum atomic E-state index is 13.2. The lowest BCUT2D eigenvalue weighted by molar-refractivity contribution is 0.0457. The summed E-state index contributed by atoms with van der Waals surface area (Å²) in [7, 11) is 0. The summed E-state index contributed by atoms with van der Waals surface area (Å²) in [6.07, 6.45) is -1.35. The van der Waals surface area contributed by atoms with Crippen LogP contribution in [0.1, 0.15) is 102 Å². The van der Waals surface area contributed by atoms with Gasteiger partial charge in [-0.15, -0.1) is 0 Å². The number of ether oxygens (including phenoxy) is 4. The van der Waals surface area contributed by atoms with Crippen molar-refractivity contribution in [3.05, 3.63) is 34.3 Å². The highest BCUT2D eigenvalue weighted by atomic mass is 35.5. The maximum absolute atomic E-state index is 13.2. The minimum absolute atomic E-state index is 0.169. The Balaban J connectivity index is 1.81. The largest absolute Gasteiger partial charge is 0.444 e. The first-order valence-corrected chi connectivity index (χ1v) is 21.3. The van der Waals surface area contributed by atoms with Crippen molar-refractivity contribution in [1.29, 1.82) is 0 Å². The quantitative estimate of drug-likeness (QED) is 0.109. The van der Waals surface area contributed by atoms with E-state index in [0.717, 1.165) is 0 Å². The third kappa shape index (κ3) is 16.2. The van der Waals surface area contributed by atoms with Crippen LogP contribution in [0, 0.1) is 0 Å². The van der Waals surface area contributed by atoms with Gasteiger partial charge in [0.05, 0.1) is 23.8 Å². The molecular weight excluding hydrogens is 829 g/mol. The molecule has 0 radical (unpaired) electrons. The predicted molar refractivity (Wildman–Crippen MR) is 239 cm³/mol. The summed E-state index contributed by atoms with van der Waals surface area (Å²) in [6.45, 7) is 22.3. The van der Waals surface area contributed by atoms with Crippen LogP contribution in [-0.2, 0) is 18.9 Å². The van der Waals surface area contributed by atoms with Crippen molar-refractivity contribution < 1.29 is 38.1 Å². The Morgan fingerprint density at radius 2 is 0.934 bits per heavy atom. The van der Waals surface area contributed by atoms with E-state index in [1.54, 1.807) is 107 Å². The molecule has 340 valence electrons. The summed E-state index contributed by atoms with van der Waals surface area (Å²) in [4.78, 5) is 61.3. The van der Waals surface area contributed by atoms with Crippen LogP contribution in [0.3, 0.4) is 0 Å². The lowest BCUT2D eigenvalue weighted by Crippen LogP contribution is -2.58. The fourth-order valence-corrected chi connectivity index (χ4v) is 7.42. The molecule has 3 heterocycles. The molecule has 7 N–H and O–H groups in total. The van der Waals surface area contributed by atoms with Gasteiger partial charge in [0.25, 0.3) is 0 Å². The normalized spacial score (nSPS) is 20.1. The highest BCUT2D eigenvalue weighted by Crippen LogP contribution is 2.44. The molecule has 17 nitrogen and oxygen atoms in total. The lowest BCUT2D eigenvalue weighted by Gasteiger charge is -2.40. The van der Waals surface area contributed by atoms with Gasteiger partial charge in [-0.2, -0.15) is 0 Å². The van der Waals surface area contributed by atoms with E-state index in [1.807, 2.05) is 9.80 Å². The van der Waals surface area contributed by atoms with E-state index < -0.39 is 70.9 Å². The second-order valence-corrected chi connectivity index (χ2v) is 20.2. The van der Waals surface area contributed by atoms with E-state index in [2.05, 4.69) is 26.6 Å². The fourth-order valence-electron chi connectivity index (χ4n) is 6.77. The SMILES string of the molecule is CC(C)(C)OC(=O)NC1CCN(c2nc(N3CC(NC(=O)OC(C)(C)C)CC(NC(=O)OC(C)(C)C)C3)c(Cl)c(Nc3ccc(N)cc3)c2Cl)CC(NC(=O)OC(C)(C)C)C1. The highest BCUT2D eigenvalue weighted by molar-refractivity contribution is 6.42. The van der Waals surface area contributed by atoms with Crippen molar-refractivity contribution in [3.63, 3.8) is 0 Å². The van der Waals surface area contributed by atoms with Crippen LogP contribution >= 0.6 is 23.2 Å². The predicted octanol–water partition coefficient (Wildman–Crippen LogP) is 8.10. The smallest absolute Gasteiger partial charge is 0.407 e. The molecule has 0 bridgehead atoms. The van der Waals surface area contributed by atoms with Gasteiger partial charge in [0.15, 0.2) is 11.6 Å². The van der Waals surface area contributed by atoms with Gasteiger partial charge in [-0.1, -0.05) is 23.2 Å². The Morgan fingerprint density at radius 1 is 0.590 bits per heavy atom. The summed E-state index contributed by atoms with van der Waals surface area (Å²) in [5, 5.41) is 15.6. The summed E-state index contributed by atoms with van der Waals surface area (Å²) in [5.74, 6) is 0.627. The van der Waals surface area contributed by atoms with E-state index in [4.69, 9.17) is 52.9 Å². The minimum Gasteiger partial charge on any atom is -0.444 e. The molecule has 4 unspecified atom stereocenters. The van der Waals surface area contributed by atoms with Crippen LogP contribution in [0.15, 0.2) is 24.3 Å². The maximum Gasteiger partial charge on any atom is 0.407 e. The Morgan fingerprint density at radius 3 is 1.33 bits per heavy atom. The van der Waals surface area contributed by atoms with Crippen LogP contribution < -0.4 is 42.1 Å². The van der Waals surface area contributed by atoms with E-state index in [1.165, 1.54) is 0 Å². The molecule has 0 spiro atoms. The Kier molecular flexibility index (Phi) is 15.6. The number of benzene rings is 1. The van der Waals surface area contributed by atoms with Gasteiger partial charge < -0.3 is 61.1 Å². The molecule has 2 aliphatic rings. The van der Waals surface area contributed by atoms with Crippen molar-refractivity contribution >= 4 is 76.3 Å². The van der Waals surface area contributed by atoms with Crippen LogP contribution in [0.25, 0.3) is 0 Å². The number of nitrogen functional groups attached to an aromatic ring is 1. The third-order valence-corrected chi connectivity index (χ3v) is 9.63. The molecule has 2 fully saturated rings.